The van der Waals surface area contributed by atoms with E-state index in [9.17, 15) is 0 Å². The second-order valence-electron chi connectivity index (χ2n) is 3.48. The number of rotatable bonds is 4. The summed E-state index contributed by atoms with van der Waals surface area (Å²) in [6.45, 7) is 7.97. The van der Waals surface area contributed by atoms with E-state index in [1.54, 1.807) is 4.90 Å². The topological polar surface area (TPSA) is 7.68 Å². The van der Waals surface area contributed by atoms with Crippen LogP contribution in [0.4, 0.5) is 0 Å². The van der Waals surface area contributed by atoms with Crippen molar-refractivity contribution < 1.29 is 4.90 Å². The van der Waals surface area contributed by atoms with Gasteiger partial charge < -0.3 is 9.80 Å². The van der Waals surface area contributed by atoms with Crippen molar-refractivity contribution in [1.29, 1.82) is 0 Å². The molecule has 1 aliphatic rings. The molecule has 0 aliphatic carbocycles. The molecule has 1 rings (SSSR count). The van der Waals surface area contributed by atoms with Gasteiger partial charge in [0.05, 0.1) is 6.54 Å². The Kier molecular flexibility index (Phi) is 5.06. The molecule has 13 heavy (non-hydrogen) atoms. The van der Waals surface area contributed by atoms with Gasteiger partial charge in [-0.15, -0.1) is 0 Å². The lowest BCUT2D eigenvalue weighted by atomic mass is 10.4. The van der Waals surface area contributed by atoms with E-state index < -0.39 is 0 Å². The maximum absolute atomic E-state index is 5.31. The van der Waals surface area contributed by atoms with Crippen LogP contribution in [0.1, 0.15) is 26.7 Å². The van der Waals surface area contributed by atoms with Crippen LogP contribution in [0, 0.1) is 0 Å². The third-order valence-electron chi connectivity index (χ3n) is 2.17. The Morgan fingerprint density at radius 1 is 1.46 bits per heavy atom. The Balaban J connectivity index is 2.38. The first-order valence-corrected chi connectivity index (χ1v) is 6.42. The molecule has 0 aromatic carbocycles. The van der Waals surface area contributed by atoms with Crippen LogP contribution in [-0.2, 0) is 0 Å². The van der Waals surface area contributed by atoms with Crippen molar-refractivity contribution in [2.75, 3.05) is 25.6 Å². The Bertz CT molecular complexity index is 173. The summed E-state index contributed by atoms with van der Waals surface area (Å²) in [5, 5.41) is 0. The van der Waals surface area contributed by atoms with Crippen molar-refractivity contribution in [3.05, 3.63) is 0 Å². The Morgan fingerprint density at radius 3 is 2.85 bits per heavy atom. The van der Waals surface area contributed by atoms with Gasteiger partial charge in [0, 0.05) is 6.54 Å². The van der Waals surface area contributed by atoms with Gasteiger partial charge in [0.1, 0.15) is 10.2 Å². The number of hydrogen-bond acceptors (Lipinski definition) is 2. The SMILES string of the molecule is CCCN1C[NH+](CCC)CSC1=S. The van der Waals surface area contributed by atoms with E-state index in [0.29, 0.717) is 0 Å². The van der Waals surface area contributed by atoms with Crippen LogP contribution in [-0.4, -0.2) is 34.9 Å². The van der Waals surface area contributed by atoms with Crippen molar-refractivity contribution in [2.24, 2.45) is 0 Å². The maximum Gasteiger partial charge on any atom is 0.154 e. The van der Waals surface area contributed by atoms with Crippen LogP contribution in [0.2, 0.25) is 0 Å². The highest BCUT2D eigenvalue weighted by atomic mass is 32.2. The average Bonchev–Trinajstić information content (AvgIpc) is 2.12. The summed E-state index contributed by atoms with van der Waals surface area (Å²) >= 11 is 7.14. The molecule has 0 bridgehead atoms. The summed E-state index contributed by atoms with van der Waals surface area (Å²) in [5.74, 6) is 1.16. The second-order valence-corrected chi connectivity index (χ2v) is 5.09. The zero-order valence-electron chi connectivity index (χ0n) is 8.51. The van der Waals surface area contributed by atoms with E-state index in [4.69, 9.17) is 12.2 Å². The van der Waals surface area contributed by atoms with Crippen LogP contribution in [0.15, 0.2) is 0 Å². The van der Waals surface area contributed by atoms with Crippen molar-refractivity contribution in [2.45, 2.75) is 26.7 Å². The molecule has 1 heterocycles. The molecule has 4 heteroatoms. The summed E-state index contributed by atoms with van der Waals surface area (Å²) in [6.07, 6.45) is 2.46. The van der Waals surface area contributed by atoms with Gasteiger partial charge in [0.25, 0.3) is 0 Å². The van der Waals surface area contributed by atoms with E-state index in [1.165, 1.54) is 19.4 Å². The molecule has 76 valence electrons. The van der Waals surface area contributed by atoms with E-state index >= 15 is 0 Å². The predicted molar refractivity (Wildman–Crippen MR) is 63.0 cm³/mol. The average molecular weight is 219 g/mol. The van der Waals surface area contributed by atoms with E-state index in [1.807, 2.05) is 11.8 Å². The molecule has 1 atom stereocenters. The van der Waals surface area contributed by atoms with Crippen molar-refractivity contribution in [1.82, 2.24) is 4.90 Å². The lowest BCUT2D eigenvalue weighted by Crippen LogP contribution is -3.14. The van der Waals surface area contributed by atoms with E-state index in [0.717, 1.165) is 23.4 Å². The zero-order valence-corrected chi connectivity index (χ0v) is 10.1. The fourth-order valence-corrected chi connectivity index (χ4v) is 2.81. The van der Waals surface area contributed by atoms with Gasteiger partial charge in [-0.05, 0) is 24.6 Å². The number of thioether (sulfide) groups is 1. The van der Waals surface area contributed by atoms with Gasteiger partial charge >= 0.3 is 0 Å². The highest BCUT2D eigenvalue weighted by Gasteiger charge is 2.22. The largest absolute Gasteiger partial charge is 0.310 e. The van der Waals surface area contributed by atoms with Gasteiger partial charge in [-0.2, -0.15) is 0 Å². The second kappa shape index (κ2) is 5.83. The van der Waals surface area contributed by atoms with Crippen LogP contribution in [0.5, 0.6) is 0 Å². The summed E-state index contributed by atoms with van der Waals surface area (Å²) in [6, 6.07) is 0. The molecule has 1 unspecified atom stereocenters. The third-order valence-corrected chi connectivity index (χ3v) is 3.84. The standard InChI is InChI=1S/C9H18N2S2/c1-3-5-10-7-11(6-4-2)9(12)13-8-10/h3-8H2,1-2H3/p+1. The molecule has 0 aromatic rings. The molecule has 0 radical (unpaired) electrons. The number of nitrogens with one attached hydrogen (secondary N) is 1. The van der Waals surface area contributed by atoms with Gasteiger partial charge in [0.2, 0.25) is 0 Å². The first kappa shape index (κ1) is 11.3. The third kappa shape index (κ3) is 3.44. The number of hydrogen-bond donors (Lipinski definition) is 1. The molecule has 0 spiro atoms. The molecular formula is C9H19N2S2+. The molecular weight excluding hydrogens is 200 g/mol. The minimum Gasteiger partial charge on any atom is -0.310 e. The molecule has 0 saturated carbocycles. The lowest BCUT2D eigenvalue weighted by molar-refractivity contribution is -0.897. The van der Waals surface area contributed by atoms with E-state index in [2.05, 4.69) is 18.7 Å². The molecule has 0 aromatic heterocycles. The normalized spacial score (nSPS) is 23.7. The molecule has 1 N–H and O–H groups in total. The van der Waals surface area contributed by atoms with Gasteiger partial charge in [-0.25, -0.2) is 0 Å². The van der Waals surface area contributed by atoms with Crippen LogP contribution >= 0.6 is 24.0 Å². The minimum absolute atomic E-state index is 1.10. The van der Waals surface area contributed by atoms with Crippen LogP contribution < -0.4 is 4.90 Å². The highest BCUT2D eigenvalue weighted by Crippen LogP contribution is 2.09. The van der Waals surface area contributed by atoms with E-state index in [-0.39, 0.29) is 0 Å². The number of nitrogens with zero attached hydrogens (tertiary/aromatic N) is 1. The summed E-state index contributed by atoms with van der Waals surface area (Å²) in [5.41, 5.74) is 0. The molecule has 0 amide bonds. The number of quaternary nitrogens is 1. The summed E-state index contributed by atoms with van der Waals surface area (Å²) < 4.78 is 1.10. The van der Waals surface area contributed by atoms with Crippen molar-refractivity contribution in [3.63, 3.8) is 0 Å². The van der Waals surface area contributed by atoms with Gasteiger partial charge in [0.15, 0.2) is 6.67 Å². The highest BCUT2D eigenvalue weighted by molar-refractivity contribution is 8.22. The molecule has 1 aliphatic heterocycles. The lowest BCUT2D eigenvalue weighted by Gasteiger charge is -2.33. The Labute approximate surface area is 90.7 Å². The van der Waals surface area contributed by atoms with Crippen molar-refractivity contribution >= 4 is 28.3 Å². The molecule has 2 nitrogen and oxygen atoms in total. The summed E-state index contributed by atoms with van der Waals surface area (Å²) in [7, 11) is 0. The minimum atomic E-state index is 1.10. The fourth-order valence-electron chi connectivity index (χ4n) is 1.58. The zero-order chi connectivity index (χ0) is 9.68. The molecule has 1 fully saturated rings. The van der Waals surface area contributed by atoms with Crippen molar-refractivity contribution in [3.8, 4) is 0 Å². The predicted octanol–water partition coefficient (Wildman–Crippen LogP) is 0.940. The van der Waals surface area contributed by atoms with Crippen LogP contribution in [0.3, 0.4) is 0 Å². The smallest absolute Gasteiger partial charge is 0.154 e. The summed E-state index contributed by atoms with van der Waals surface area (Å²) in [4.78, 5) is 4.00. The van der Waals surface area contributed by atoms with Gasteiger partial charge in [-0.3, -0.25) is 0 Å². The fraction of sp³-hybridized carbons (Fsp3) is 0.889. The Hall–Kier alpha value is 0.200. The van der Waals surface area contributed by atoms with Gasteiger partial charge in [-0.1, -0.05) is 26.1 Å². The maximum atomic E-state index is 5.31. The molecule has 1 saturated heterocycles. The first-order valence-electron chi connectivity index (χ1n) is 5.03. The first-order chi connectivity index (χ1) is 6.27. The Morgan fingerprint density at radius 2 is 2.23 bits per heavy atom. The monoisotopic (exact) mass is 219 g/mol. The van der Waals surface area contributed by atoms with Crippen LogP contribution in [0.25, 0.3) is 0 Å². The quantitative estimate of drug-likeness (QED) is 0.704. The number of thiocarbonyl (C=S) groups is 1.